The summed E-state index contributed by atoms with van der Waals surface area (Å²) in [6.07, 6.45) is 3.89. The van der Waals surface area contributed by atoms with E-state index >= 15 is 0 Å². The Labute approximate surface area is 194 Å². The van der Waals surface area contributed by atoms with Gasteiger partial charge in [0, 0.05) is 25.0 Å². The Hall–Kier alpha value is -2.52. The van der Waals surface area contributed by atoms with Crippen LogP contribution < -0.4 is 15.0 Å². The number of methoxy groups -OCH3 is 2. The number of hydrogen-bond donors (Lipinski definition) is 0. The lowest BCUT2D eigenvalue weighted by molar-refractivity contribution is -0.129. The first-order valence-corrected chi connectivity index (χ1v) is 12.5. The molecule has 0 radical (unpaired) electrons. The van der Waals surface area contributed by atoms with Crippen LogP contribution in [-0.4, -0.2) is 46.9 Å². The predicted molar refractivity (Wildman–Crippen MR) is 126 cm³/mol. The lowest BCUT2D eigenvalue weighted by Gasteiger charge is -2.29. The molecule has 1 aromatic carbocycles. The maximum atomic E-state index is 13.0. The molecule has 9 heteroatoms. The average Bonchev–Trinajstić information content (AvgIpc) is 3.39. The van der Waals surface area contributed by atoms with Crippen molar-refractivity contribution < 1.29 is 14.3 Å². The van der Waals surface area contributed by atoms with Crippen LogP contribution in [0.4, 0.5) is 0 Å². The zero-order valence-electron chi connectivity index (χ0n) is 18.4. The molecule has 1 aliphatic carbocycles. The quantitative estimate of drug-likeness (QED) is 0.420. The van der Waals surface area contributed by atoms with E-state index in [1.165, 1.54) is 27.8 Å². The summed E-state index contributed by atoms with van der Waals surface area (Å²) in [5.41, 5.74) is 3.44. The second-order valence-electron chi connectivity index (χ2n) is 8.13. The van der Waals surface area contributed by atoms with Crippen molar-refractivity contribution in [3.63, 3.8) is 0 Å². The lowest BCUT2D eigenvalue weighted by atomic mass is 9.99. The minimum atomic E-state index is -0.00251. The van der Waals surface area contributed by atoms with Gasteiger partial charge in [-0.15, -0.1) is 11.3 Å². The largest absolute Gasteiger partial charge is 0.493 e. The summed E-state index contributed by atoms with van der Waals surface area (Å²) < 4.78 is 12.4. The third-order valence-electron chi connectivity index (χ3n) is 6.30. The molecule has 2 aromatic heterocycles. The van der Waals surface area contributed by atoms with Crippen molar-refractivity contribution in [2.75, 3.05) is 26.5 Å². The van der Waals surface area contributed by atoms with E-state index in [0.29, 0.717) is 29.7 Å². The van der Waals surface area contributed by atoms with Crippen LogP contribution in [-0.2, 0) is 37.6 Å². The van der Waals surface area contributed by atoms with Crippen molar-refractivity contribution in [1.82, 2.24) is 14.5 Å². The van der Waals surface area contributed by atoms with E-state index in [9.17, 15) is 9.59 Å². The maximum absolute atomic E-state index is 13.0. The fraction of sp³-hybridized carbons (Fsp3) is 0.435. The molecule has 3 heterocycles. The lowest BCUT2D eigenvalue weighted by Crippen LogP contribution is -2.37. The molecule has 0 N–H and O–H groups in total. The number of fused-ring (bicyclic) bond motifs is 4. The fourth-order valence-corrected chi connectivity index (χ4v) is 6.73. The van der Waals surface area contributed by atoms with Crippen LogP contribution in [0.25, 0.3) is 10.2 Å². The number of thiophene rings is 1. The highest BCUT2D eigenvalue weighted by Gasteiger charge is 2.25. The van der Waals surface area contributed by atoms with E-state index < -0.39 is 0 Å². The second-order valence-corrected chi connectivity index (χ2v) is 10.2. The number of carbonyl (C=O) groups excluding carboxylic acids is 1. The molecule has 0 bridgehead atoms. The Morgan fingerprint density at radius 2 is 1.91 bits per heavy atom. The van der Waals surface area contributed by atoms with Gasteiger partial charge in [0.2, 0.25) is 5.91 Å². The molecule has 0 saturated carbocycles. The zero-order valence-corrected chi connectivity index (χ0v) is 20.0. The van der Waals surface area contributed by atoms with Gasteiger partial charge >= 0.3 is 0 Å². The van der Waals surface area contributed by atoms with Gasteiger partial charge in [-0.3, -0.25) is 14.2 Å². The molecule has 0 atom stereocenters. The van der Waals surface area contributed by atoms with E-state index in [1.807, 2.05) is 17.0 Å². The molecule has 5 rings (SSSR count). The highest BCUT2D eigenvalue weighted by Crippen LogP contribution is 2.36. The van der Waals surface area contributed by atoms with E-state index in [4.69, 9.17) is 14.5 Å². The number of nitrogens with zero attached hydrogens (tertiary/aromatic N) is 3. The molecule has 168 valence electrons. The fourth-order valence-electron chi connectivity index (χ4n) is 4.55. The van der Waals surface area contributed by atoms with Gasteiger partial charge in [0.1, 0.15) is 4.83 Å². The van der Waals surface area contributed by atoms with Crippen LogP contribution in [0.2, 0.25) is 0 Å². The van der Waals surface area contributed by atoms with Gasteiger partial charge < -0.3 is 14.4 Å². The number of ether oxygens (including phenoxy) is 2. The summed E-state index contributed by atoms with van der Waals surface area (Å²) in [6.45, 7) is 1.20. The minimum absolute atomic E-state index is 0.00251. The van der Waals surface area contributed by atoms with Crippen LogP contribution >= 0.6 is 23.1 Å². The molecule has 32 heavy (non-hydrogen) atoms. The summed E-state index contributed by atoms with van der Waals surface area (Å²) in [5, 5.41) is 1.37. The Kier molecular flexibility index (Phi) is 5.63. The van der Waals surface area contributed by atoms with Gasteiger partial charge in [0.05, 0.1) is 25.4 Å². The molecule has 1 aliphatic heterocycles. The van der Waals surface area contributed by atoms with E-state index in [1.54, 1.807) is 37.2 Å². The highest BCUT2D eigenvalue weighted by molar-refractivity contribution is 7.99. The number of rotatable bonds is 5. The SMILES string of the molecule is COc1cc2c(cc1OC)CN(C(=O)CSc1nc3sc4c(c3c(=O)n1C)CCC4)CC2. The first-order chi connectivity index (χ1) is 15.5. The second kappa shape index (κ2) is 8.44. The maximum Gasteiger partial charge on any atom is 0.262 e. The molecule has 3 aromatic rings. The summed E-state index contributed by atoms with van der Waals surface area (Å²) in [4.78, 5) is 34.6. The van der Waals surface area contributed by atoms with Crippen molar-refractivity contribution in [2.45, 2.75) is 37.4 Å². The Morgan fingerprint density at radius 1 is 1.16 bits per heavy atom. The molecule has 1 amide bonds. The minimum Gasteiger partial charge on any atom is -0.493 e. The van der Waals surface area contributed by atoms with Gasteiger partial charge in [-0.2, -0.15) is 0 Å². The van der Waals surface area contributed by atoms with Gasteiger partial charge in [0.25, 0.3) is 5.56 Å². The highest BCUT2D eigenvalue weighted by atomic mass is 32.2. The number of amides is 1. The van der Waals surface area contributed by atoms with Gasteiger partial charge in [0.15, 0.2) is 16.7 Å². The predicted octanol–water partition coefficient (Wildman–Crippen LogP) is 3.18. The van der Waals surface area contributed by atoms with E-state index in [-0.39, 0.29) is 17.2 Å². The molecule has 0 unspecified atom stereocenters. The van der Waals surface area contributed by atoms with Crippen molar-refractivity contribution >= 4 is 39.2 Å². The molecular weight excluding hydrogens is 446 g/mol. The van der Waals surface area contributed by atoms with Gasteiger partial charge in [-0.05, 0) is 54.5 Å². The third-order valence-corrected chi connectivity index (χ3v) is 8.50. The summed E-state index contributed by atoms with van der Waals surface area (Å²) >= 11 is 2.97. The van der Waals surface area contributed by atoms with Crippen molar-refractivity contribution in [3.05, 3.63) is 44.1 Å². The number of hydrogen-bond acceptors (Lipinski definition) is 7. The number of aryl methyl sites for hydroxylation is 2. The number of aromatic nitrogens is 2. The van der Waals surface area contributed by atoms with Crippen LogP contribution in [0.5, 0.6) is 11.5 Å². The Balaban J connectivity index is 1.32. The zero-order chi connectivity index (χ0) is 22.4. The number of carbonyl (C=O) groups is 1. The Bertz CT molecular complexity index is 1280. The van der Waals surface area contributed by atoms with Gasteiger partial charge in [-0.1, -0.05) is 11.8 Å². The van der Waals surface area contributed by atoms with Crippen LogP contribution in [0, 0.1) is 0 Å². The first kappa shape index (κ1) is 21.3. The van der Waals surface area contributed by atoms with Crippen LogP contribution in [0.15, 0.2) is 22.1 Å². The third kappa shape index (κ3) is 3.57. The molecule has 0 fully saturated rings. The average molecular weight is 472 g/mol. The molecule has 2 aliphatic rings. The molecule has 0 spiro atoms. The topological polar surface area (TPSA) is 73.7 Å². The van der Waals surface area contributed by atoms with Crippen LogP contribution in [0.3, 0.4) is 0 Å². The standard InChI is InChI=1S/C23H25N3O4S2/c1-25-22(28)20-15-5-4-6-18(15)32-21(20)24-23(25)31-12-19(27)26-8-7-13-9-16(29-2)17(30-3)10-14(13)11-26/h9-10H,4-8,11-12H2,1-3H3. The molecular formula is C23H25N3O4S2. The van der Waals surface area contributed by atoms with Crippen molar-refractivity contribution in [2.24, 2.45) is 7.05 Å². The molecule has 0 saturated heterocycles. The smallest absolute Gasteiger partial charge is 0.262 e. The van der Waals surface area contributed by atoms with Crippen LogP contribution in [0.1, 0.15) is 28.0 Å². The van der Waals surface area contributed by atoms with Crippen molar-refractivity contribution in [1.29, 1.82) is 0 Å². The monoisotopic (exact) mass is 471 g/mol. The normalized spacial score (nSPS) is 15.0. The summed E-state index contributed by atoms with van der Waals surface area (Å²) in [6, 6.07) is 3.95. The number of thioether (sulfide) groups is 1. The van der Waals surface area contributed by atoms with Crippen molar-refractivity contribution in [3.8, 4) is 11.5 Å². The Morgan fingerprint density at radius 3 is 2.66 bits per heavy atom. The van der Waals surface area contributed by atoms with E-state index in [0.717, 1.165) is 41.5 Å². The number of benzene rings is 1. The van der Waals surface area contributed by atoms with E-state index in [2.05, 4.69) is 0 Å². The van der Waals surface area contributed by atoms with Gasteiger partial charge in [-0.25, -0.2) is 4.98 Å². The first-order valence-electron chi connectivity index (χ1n) is 10.7. The molecule has 7 nitrogen and oxygen atoms in total. The summed E-state index contributed by atoms with van der Waals surface area (Å²) in [5.74, 6) is 1.67. The summed E-state index contributed by atoms with van der Waals surface area (Å²) in [7, 11) is 4.99.